The van der Waals surface area contributed by atoms with Crippen molar-refractivity contribution in [2.75, 3.05) is 26.2 Å². The molecule has 0 saturated carbocycles. The lowest BCUT2D eigenvalue weighted by Gasteiger charge is -2.45. The molecule has 0 radical (unpaired) electrons. The highest BCUT2D eigenvalue weighted by molar-refractivity contribution is 5.42. The Hall–Kier alpha value is -1.32. The predicted molar refractivity (Wildman–Crippen MR) is 117 cm³/mol. The first-order valence-corrected chi connectivity index (χ1v) is 12.3. The molecule has 1 aromatic rings. The van der Waals surface area contributed by atoms with E-state index in [1.54, 1.807) is 5.56 Å². The van der Waals surface area contributed by atoms with Crippen LogP contribution in [0.2, 0.25) is 0 Å². The third-order valence-electron chi connectivity index (χ3n) is 8.52. The fourth-order valence-electron chi connectivity index (χ4n) is 7.32. The average Bonchev–Trinajstić information content (AvgIpc) is 3.29. The van der Waals surface area contributed by atoms with Crippen molar-refractivity contribution in [2.24, 2.45) is 5.41 Å². The van der Waals surface area contributed by atoms with E-state index in [0.29, 0.717) is 23.4 Å². The second-order valence-corrected chi connectivity index (χ2v) is 10.2. The molecule has 1 aliphatic carbocycles. The van der Waals surface area contributed by atoms with Gasteiger partial charge >= 0.3 is 0 Å². The van der Waals surface area contributed by atoms with Crippen LogP contribution in [0, 0.1) is 5.41 Å². The van der Waals surface area contributed by atoms with Crippen molar-refractivity contribution in [3.63, 3.8) is 0 Å². The van der Waals surface area contributed by atoms with Crippen molar-refractivity contribution >= 4 is 0 Å². The molecule has 2 unspecified atom stereocenters. The summed E-state index contributed by atoms with van der Waals surface area (Å²) >= 11 is 0. The van der Waals surface area contributed by atoms with Crippen molar-refractivity contribution < 1.29 is 4.42 Å². The third-order valence-corrected chi connectivity index (χ3v) is 8.52. The molecule has 2 saturated heterocycles. The lowest BCUT2D eigenvalue weighted by atomic mass is 9.68. The van der Waals surface area contributed by atoms with Gasteiger partial charge in [0.1, 0.15) is 11.5 Å². The van der Waals surface area contributed by atoms with Crippen LogP contribution in [-0.4, -0.2) is 42.0 Å². The minimum Gasteiger partial charge on any atom is -0.464 e. The fraction of sp³-hybridized carbons (Fsp3) is 0.692. The third kappa shape index (κ3) is 2.99. The Bertz CT molecular complexity index is 808. The minimum absolute atomic E-state index is 0.378. The molecule has 3 heteroatoms. The maximum absolute atomic E-state index is 6.69. The van der Waals surface area contributed by atoms with Crippen LogP contribution in [0.15, 0.2) is 34.8 Å². The van der Waals surface area contributed by atoms with Gasteiger partial charge in [-0.2, -0.15) is 0 Å². The van der Waals surface area contributed by atoms with Crippen LogP contribution in [0.1, 0.15) is 86.8 Å². The highest BCUT2D eigenvalue weighted by Crippen LogP contribution is 2.67. The zero-order valence-electron chi connectivity index (χ0n) is 17.8. The van der Waals surface area contributed by atoms with E-state index in [-0.39, 0.29) is 0 Å². The maximum atomic E-state index is 6.69. The van der Waals surface area contributed by atoms with Gasteiger partial charge in [-0.15, -0.1) is 0 Å². The number of rotatable bonds is 0. The average molecular weight is 393 g/mol. The summed E-state index contributed by atoms with van der Waals surface area (Å²) in [6, 6.07) is 3.59. The summed E-state index contributed by atoms with van der Waals surface area (Å²) in [6.45, 7) is 5.07. The lowest BCUT2D eigenvalue weighted by Crippen LogP contribution is -2.47. The highest BCUT2D eigenvalue weighted by Gasteiger charge is 2.64. The van der Waals surface area contributed by atoms with Crippen LogP contribution in [0.25, 0.3) is 0 Å². The van der Waals surface area contributed by atoms with Crippen LogP contribution in [0.3, 0.4) is 0 Å². The molecule has 5 atom stereocenters. The fourth-order valence-corrected chi connectivity index (χ4v) is 7.32. The summed E-state index contributed by atoms with van der Waals surface area (Å²) in [4.78, 5) is 5.66. The molecule has 0 amide bonds. The molecule has 6 aliphatic heterocycles. The molecule has 0 N–H and O–H groups in total. The van der Waals surface area contributed by atoms with Gasteiger partial charge in [0.2, 0.25) is 0 Å². The Balaban J connectivity index is 1.42. The smallest absolute Gasteiger partial charge is 0.125 e. The number of fused-ring (bicyclic) bond motifs is 2. The topological polar surface area (TPSA) is 19.6 Å². The molecule has 7 heterocycles. The largest absolute Gasteiger partial charge is 0.464 e. The van der Waals surface area contributed by atoms with Crippen LogP contribution >= 0.6 is 0 Å². The monoisotopic (exact) mass is 392 g/mol. The lowest BCUT2D eigenvalue weighted by molar-refractivity contribution is 0.0364. The normalized spacial score (nSPS) is 41.8. The second-order valence-electron chi connectivity index (χ2n) is 10.2. The van der Waals surface area contributed by atoms with Gasteiger partial charge in [-0.05, 0) is 95.0 Å². The standard InChI is InChI=1S/C26H36N2O/c1-2-5-9-14-27-16-13-23-22-17-21(12-8-3-1)29-24(22)25-26(23,19-27)18-20-11-7-4-6-10-15-28(20)25/h1,3,7,11,17,20,23,25H,2,4-6,8-10,12-16,18-19H2/b3-1-,11-7-/t20-,23?,25+,26-/m0/s1. The molecule has 1 spiro atoms. The van der Waals surface area contributed by atoms with Gasteiger partial charge in [0.05, 0.1) is 6.04 Å². The quantitative estimate of drug-likeness (QED) is 0.536. The Morgan fingerprint density at radius 3 is 2.76 bits per heavy atom. The summed E-state index contributed by atoms with van der Waals surface area (Å²) in [5.41, 5.74) is 1.97. The van der Waals surface area contributed by atoms with Gasteiger partial charge in [-0.25, -0.2) is 0 Å². The van der Waals surface area contributed by atoms with Gasteiger partial charge in [0, 0.05) is 24.4 Å². The van der Waals surface area contributed by atoms with E-state index < -0.39 is 0 Å². The SMILES string of the molecule is C1=C\CCc2cc3c(o2)[C@H]2N4CCCC/C=C\[C@H]4C[C@@]24CN(CCCC/1)CCC34. The predicted octanol–water partition coefficient (Wildman–Crippen LogP) is 5.60. The molecule has 29 heavy (non-hydrogen) atoms. The number of hydrogen-bond acceptors (Lipinski definition) is 3. The Morgan fingerprint density at radius 1 is 0.931 bits per heavy atom. The number of hydrogen-bond donors (Lipinski definition) is 0. The molecule has 1 aromatic heterocycles. The molecule has 7 aliphatic rings. The Kier molecular flexibility index (Phi) is 4.72. The van der Waals surface area contributed by atoms with Gasteiger partial charge in [-0.3, -0.25) is 4.90 Å². The van der Waals surface area contributed by atoms with E-state index >= 15 is 0 Å². The number of piperidine rings is 1. The number of nitrogens with zero attached hydrogens (tertiary/aromatic N) is 2. The molecule has 2 fully saturated rings. The second kappa shape index (κ2) is 7.42. The summed E-state index contributed by atoms with van der Waals surface area (Å²) < 4.78 is 6.69. The van der Waals surface area contributed by atoms with E-state index in [0.717, 1.165) is 12.8 Å². The van der Waals surface area contributed by atoms with Crippen LogP contribution in [0.5, 0.6) is 0 Å². The van der Waals surface area contributed by atoms with Crippen LogP contribution in [0.4, 0.5) is 0 Å². The Morgan fingerprint density at radius 2 is 1.79 bits per heavy atom. The molecule has 0 aromatic carbocycles. The maximum Gasteiger partial charge on any atom is 0.125 e. The van der Waals surface area contributed by atoms with Crippen molar-refractivity contribution in [2.45, 2.75) is 82.2 Å². The number of allylic oxidation sites excluding steroid dienone is 3. The summed E-state index contributed by atoms with van der Waals surface area (Å²) in [6.07, 6.45) is 22.5. The summed E-state index contributed by atoms with van der Waals surface area (Å²) in [5, 5.41) is 0. The van der Waals surface area contributed by atoms with Crippen molar-refractivity contribution in [3.05, 3.63) is 47.5 Å². The summed E-state index contributed by atoms with van der Waals surface area (Å²) in [5.74, 6) is 3.30. The van der Waals surface area contributed by atoms with Gasteiger partial charge in [0.25, 0.3) is 0 Å². The van der Waals surface area contributed by atoms with Gasteiger partial charge in [0.15, 0.2) is 0 Å². The van der Waals surface area contributed by atoms with Gasteiger partial charge < -0.3 is 9.32 Å². The Labute approximate surface area is 175 Å². The molecule has 156 valence electrons. The van der Waals surface area contributed by atoms with Crippen molar-refractivity contribution in [1.82, 2.24) is 9.80 Å². The van der Waals surface area contributed by atoms with Crippen molar-refractivity contribution in [1.29, 1.82) is 0 Å². The van der Waals surface area contributed by atoms with E-state index in [1.807, 2.05) is 0 Å². The summed E-state index contributed by atoms with van der Waals surface area (Å²) in [7, 11) is 0. The zero-order chi connectivity index (χ0) is 19.3. The van der Waals surface area contributed by atoms with Crippen LogP contribution < -0.4 is 0 Å². The molecular weight excluding hydrogens is 356 g/mol. The first-order valence-electron chi connectivity index (χ1n) is 12.3. The number of furan rings is 1. The van der Waals surface area contributed by atoms with E-state index in [9.17, 15) is 0 Å². The minimum atomic E-state index is 0.378. The van der Waals surface area contributed by atoms with Gasteiger partial charge in [-0.1, -0.05) is 24.3 Å². The van der Waals surface area contributed by atoms with E-state index in [4.69, 9.17) is 4.42 Å². The first kappa shape index (κ1) is 18.4. The first-order chi connectivity index (χ1) is 14.4. The van der Waals surface area contributed by atoms with E-state index in [2.05, 4.69) is 40.2 Å². The molecule has 6 bridgehead atoms. The zero-order valence-corrected chi connectivity index (χ0v) is 17.8. The van der Waals surface area contributed by atoms with Crippen LogP contribution in [-0.2, 0) is 6.42 Å². The molecular formula is C26H36N2O. The highest BCUT2D eigenvalue weighted by atomic mass is 16.3. The molecule has 3 nitrogen and oxygen atoms in total. The van der Waals surface area contributed by atoms with Crippen molar-refractivity contribution in [3.8, 4) is 0 Å². The number of aryl methyl sites for hydroxylation is 1. The van der Waals surface area contributed by atoms with E-state index in [1.165, 1.54) is 89.1 Å². The molecule has 8 rings (SSSR count).